The van der Waals surface area contributed by atoms with Crippen LogP contribution in [0.5, 0.6) is 0 Å². The fourth-order valence-electron chi connectivity index (χ4n) is 1.45. The van der Waals surface area contributed by atoms with Crippen LogP contribution in [0.4, 0.5) is 5.82 Å². The summed E-state index contributed by atoms with van der Waals surface area (Å²) < 4.78 is 0. The molecule has 2 rings (SSSR count). The molecular formula is C8H10ClN3O2. The van der Waals surface area contributed by atoms with Crippen molar-refractivity contribution in [3.05, 3.63) is 21.7 Å². The number of aromatic amines is 1. The number of hydrogen-bond donors (Lipinski definition) is 2. The molecule has 6 heteroatoms. The zero-order valence-corrected chi connectivity index (χ0v) is 8.16. The summed E-state index contributed by atoms with van der Waals surface area (Å²) in [5, 5.41) is 8.94. The molecule has 1 fully saturated rings. The van der Waals surface area contributed by atoms with Crippen molar-refractivity contribution in [2.45, 2.75) is 0 Å². The highest BCUT2D eigenvalue weighted by atomic mass is 35.5. The minimum Gasteiger partial charge on any atom is -0.396 e. The van der Waals surface area contributed by atoms with Crippen LogP contribution < -0.4 is 10.5 Å². The Balaban J connectivity index is 2.19. The molecular weight excluding hydrogens is 206 g/mol. The van der Waals surface area contributed by atoms with E-state index < -0.39 is 0 Å². The van der Waals surface area contributed by atoms with Gasteiger partial charge in [-0.05, 0) is 0 Å². The first-order valence-corrected chi connectivity index (χ1v) is 4.69. The predicted octanol–water partition coefficient (Wildman–Crippen LogP) is -0.148. The lowest BCUT2D eigenvalue weighted by Gasteiger charge is -2.39. The van der Waals surface area contributed by atoms with Crippen molar-refractivity contribution in [3.63, 3.8) is 0 Å². The van der Waals surface area contributed by atoms with Gasteiger partial charge in [0.2, 0.25) is 0 Å². The number of hydrogen-bond acceptors (Lipinski definition) is 4. The van der Waals surface area contributed by atoms with Gasteiger partial charge in [-0.2, -0.15) is 0 Å². The van der Waals surface area contributed by atoms with Gasteiger partial charge in [0.1, 0.15) is 5.02 Å². The monoisotopic (exact) mass is 215 g/mol. The van der Waals surface area contributed by atoms with Gasteiger partial charge in [-0.25, -0.2) is 4.98 Å². The number of rotatable bonds is 2. The first-order valence-electron chi connectivity index (χ1n) is 4.31. The number of nitrogens with zero attached hydrogens (tertiary/aromatic N) is 2. The van der Waals surface area contributed by atoms with Crippen LogP contribution in [0.15, 0.2) is 11.1 Å². The Kier molecular flexibility index (Phi) is 2.43. The minimum atomic E-state index is -0.330. The summed E-state index contributed by atoms with van der Waals surface area (Å²) in [4.78, 5) is 19.4. The lowest BCUT2D eigenvalue weighted by Crippen LogP contribution is -2.49. The number of anilines is 1. The van der Waals surface area contributed by atoms with E-state index in [1.807, 2.05) is 4.90 Å². The zero-order valence-electron chi connectivity index (χ0n) is 7.40. The van der Waals surface area contributed by atoms with E-state index in [0.29, 0.717) is 18.9 Å². The molecule has 0 unspecified atom stereocenters. The average molecular weight is 216 g/mol. The number of aliphatic hydroxyl groups excluding tert-OH is 1. The standard InChI is InChI=1S/C8H10ClN3O2/c9-6-7(10-4-11-8(6)14)12-1-5(2-12)3-13/h4-5,13H,1-3H2,(H,10,11,14). The van der Waals surface area contributed by atoms with Gasteiger partial charge in [0, 0.05) is 25.6 Å². The molecule has 0 atom stereocenters. The molecule has 0 aliphatic carbocycles. The van der Waals surface area contributed by atoms with Crippen LogP contribution in [0.3, 0.4) is 0 Å². The maximum Gasteiger partial charge on any atom is 0.271 e. The van der Waals surface area contributed by atoms with Crippen LogP contribution in [0.1, 0.15) is 0 Å². The van der Waals surface area contributed by atoms with Crippen molar-refractivity contribution < 1.29 is 5.11 Å². The van der Waals surface area contributed by atoms with Gasteiger partial charge in [0.15, 0.2) is 5.82 Å². The molecule has 1 aliphatic rings. The van der Waals surface area contributed by atoms with Crippen LogP contribution in [0, 0.1) is 5.92 Å². The Morgan fingerprint density at radius 1 is 1.71 bits per heavy atom. The first kappa shape index (κ1) is 9.48. The number of aromatic nitrogens is 2. The van der Waals surface area contributed by atoms with Crippen molar-refractivity contribution in [2.24, 2.45) is 5.92 Å². The van der Waals surface area contributed by atoms with Gasteiger partial charge >= 0.3 is 0 Å². The van der Waals surface area contributed by atoms with Crippen molar-refractivity contribution in [3.8, 4) is 0 Å². The lowest BCUT2D eigenvalue weighted by molar-refractivity contribution is 0.200. The van der Waals surface area contributed by atoms with Crippen LogP contribution in [0.25, 0.3) is 0 Å². The summed E-state index contributed by atoms with van der Waals surface area (Å²) in [5.74, 6) is 0.771. The molecule has 2 heterocycles. The summed E-state index contributed by atoms with van der Waals surface area (Å²) >= 11 is 5.78. The maximum absolute atomic E-state index is 11.1. The van der Waals surface area contributed by atoms with Crippen LogP contribution in [-0.4, -0.2) is 34.8 Å². The van der Waals surface area contributed by atoms with Gasteiger partial charge < -0.3 is 15.0 Å². The van der Waals surface area contributed by atoms with E-state index in [9.17, 15) is 4.79 Å². The van der Waals surface area contributed by atoms with E-state index in [4.69, 9.17) is 16.7 Å². The van der Waals surface area contributed by atoms with E-state index >= 15 is 0 Å². The average Bonchev–Trinajstić information content (AvgIpc) is 2.10. The molecule has 5 nitrogen and oxygen atoms in total. The highest BCUT2D eigenvalue weighted by Crippen LogP contribution is 2.25. The smallest absolute Gasteiger partial charge is 0.271 e. The Hall–Kier alpha value is -1.07. The van der Waals surface area contributed by atoms with Gasteiger partial charge in [-0.3, -0.25) is 4.79 Å². The van der Waals surface area contributed by atoms with E-state index in [-0.39, 0.29) is 23.1 Å². The summed E-state index contributed by atoms with van der Waals surface area (Å²) in [5.41, 5.74) is -0.330. The van der Waals surface area contributed by atoms with Crippen molar-refractivity contribution in [2.75, 3.05) is 24.6 Å². The Labute approximate surface area is 85.3 Å². The molecule has 0 saturated carbocycles. The molecule has 1 aromatic rings. The highest BCUT2D eigenvalue weighted by molar-refractivity contribution is 6.32. The quantitative estimate of drug-likeness (QED) is 0.720. The fraction of sp³-hybridized carbons (Fsp3) is 0.500. The van der Waals surface area contributed by atoms with Crippen molar-refractivity contribution >= 4 is 17.4 Å². The number of nitrogens with one attached hydrogen (secondary N) is 1. The van der Waals surface area contributed by atoms with Crippen LogP contribution in [-0.2, 0) is 0 Å². The fourth-order valence-corrected chi connectivity index (χ4v) is 1.68. The Morgan fingerprint density at radius 2 is 2.43 bits per heavy atom. The molecule has 0 bridgehead atoms. The van der Waals surface area contributed by atoms with E-state index in [0.717, 1.165) is 0 Å². The maximum atomic E-state index is 11.1. The molecule has 14 heavy (non-hydrogen) atoms. The largest absolute Gasteiger partial charge is 0.396 e. The molecule has 2 N–H and O–H groups in total. The van der Waals surface area contributed by atoms with Crippen LogP contribution in [0.2, 0.25) is 5.02 Å². The van der Waals surface area contributed by atoms with Crippen molar-refractivity contribution in [1.82, 2.24) is 9.97 Å². The Morgan fingerprint density at radius 3 is 3.07 bits per heavy atom. The summed E-state index contributed by atoms with van der Waals surface area (Å²) in [6, 6.07) is 0. The Bertz CT molecular complexity index is 386. The highest BCUT2D eigenvalue weighted by Gasteiger charge is 2.28. The predicted molar refractivity (Wildman–Crippen MR) is 52.7 cm³/mol. The lowest BCUT2D eigenvalue weighted by atomic mass is 10.0. The summed E-state index contributed by atoms with van der Waals surface area (Å²) in [6.45, 7) is 1.57. The summed E-state index contributed by atoms with van der Waals surface area (Å²) in [6.07, 6.45) is 1.33. The van der Waals surface area contributed by atoms with Gasteiger partial charge in [-0.1, -0.05) is 11.6 Å². The molecule has 1 saturated heterocycles. The second-order valence-electron chi connectivity index (χ2n) is 3.32. The molecule has 0 spiro atoms. The van der Waals surface area contributed by atoms with E-state index in [1.54, 1.807) is 0 Å². The third-order valence-corrected chi connectivity index (χ3v) is 2.63. The molecule has 0 radical (unpaired) electrons. The molecule has 1 aliphatic heterocycles. The third kappa shape index (κ3) is 1.49. The number of halogens is 1. The van der Waals surface area contributed by atoms with Crippen molar-refractivity contribution in [1.29, 1.82) is 0 Å². The van der Waals surface area contributed by atoms with Gasteiger partial charge in [0.05, 0.1) is 6.33 Å². The van der Waals surface area contributed by atoms with Gasteiger partial charge in [-0.15, -0.1) is 0 Å². The normalized spacial score (nSPS) is 16.9. The SMILES string of the molecule is O=c1[nH]cnc(N2CC(CO)C2)c1Cl. The molecule has 1 aromatic heterocycles. The molecule has 76 valence electrons. The first-order chi connectivity index (χ1) is 6.72. The molecule has 0 aromatic carbocycles. The summed E-state index contributed by atoms with van der Waals surface area (Å²) in [7, 11) is 0. The van der Waals surface area contributed by atoms with E-state index in [1.165, 1.54) is 6.33 Å². The molecule has 0 amide bonds. The second kappa shape index (κ2) is 3.59. The third-order valence-electron chi connectivity index (χ3n) is 2.29. The van der Waals surface area contributed by atoms with E-state index in [2.05, 4.69) is 9.97 Å². The zero-order chi connectivity index (χ0) is 10.1. The number of aliphatic hydroxyl groups is 1. The minimum absolute atomic E-state index is 0.115. The number of H-pyrrole nitrogens is 1. The van der Waals surface area contributed by atoms with Crippen LogP contribution >= 0.6 is 11.6 Å². The van der Waals surface area contributed by atoms with Gasteiger partial charge in [0.25, 0.3) is 5.56 Å². The second-order valence-corrected chi connectivity index (χ2v) is 3.70. The topological polar surface area (TPSA) is 69.2 Å².